The quantitative estimate of drug-likeness (QED) is 0.775. The lowest BCUT2D eigenvalue weighted by Gasteiger charge is -2.29. The van der Waals surface area contributed by atoms with Crippen LogP contribution in [0.1, 0.15) is 51.4 Å². The third-order valence-electron chi connectivity index (χ3n) is 4.24. The molecule has 2 aliphatic rings. The molecule has 3 N–H and O–H groups in total. The van der Waals surface area contributed by atoms with Crippen molar-refractivity contribution in [1.29, 1.82) is 0 Å². The second-order valence-electron chi connectivity index (χ2n) is 5.73. The van der Waals surface area contributed by atoms with Gasteiger partial charge in [-0.05, 0) is 32.1 Å². The van der Waals surface area contributed by atoms with E-state index in [-0.39, 0.29) is 11.9 Å². The van der Waals surface area contributed by atoms with Crippen molar-refractivity contribution in [3.05, 3.63) is 0 Å². The molecule has 0 aromatic rings. The maximum absolute atomic E-state index is 12.2. The molecule has 0 spiro atoms. The molecule has 0 aromatic heterocycles. The number of nitrogens with zero attached hydrogens (tertiary/aromatic N) is 1. The van der Waals surface area contributed by atoms with Gasteiger partial charge in [0.15, 0.2) is 0 Å². The molecule has 18 heavy (non-hydrogen) atoms. The van der Waals surface area contributed by atoms with Crippen LogP contribution in [0.25, 0.3) is 0 Å². The highest BCUT2D eigenvalue weighted by molar-refractivity contribution is 5.76. The van der Waals surface area contributed by atoms with Gasteiger partial charge in [-0.3, -0.25) is 4.79 Å². The Hall–Kier alpha value is -0.610. The predicted molar refractivity (Wildman–Crippen MR) is 73.3 cm³/mol. The molecule has 1 atom stereocenters. The second-order valence-corrected chi connectivity index (χ2v) is 5.73. The van der Waals surface area contributed by atoms with Crippen molar-refractivity contribution in [3.8, 4) is 0 Å². The maximum atomic E-state index is 12.2. The number of nitrogens with one attached hydrogen (secondary N) is 1. The van der Waals surface area contributed by atoms with Crippen LogP contribution in [0.4, 0.5) is 0 Å². The Labute approximate surface area is 110 Å². The normalized spacial score (nSPS) is 23.3. The summed E-state index contributed by atoms with van der Waals surface area (Å²) < 4.78 is 0. The van der Waals surface area contributed by atoms with Gasteiger partial charge in [0.05, 0.1) is 0 Å². The maximum Gasteiger partial charge on any atom is 0.224 e. The van der Waals surface area contributed by atoms with E-state index in [1.54, 1.807) is 0 Å². The average molecular weight is 253 g/mol. The van der Waals surface area contributed by atoms with Crippen molar-refractivity contribution >= 4 is 5.91 Å². The first-order valence-corrected chi connectivity index (χ1v) is 7.53. The Bertz CT molecular complexity index is 258. The van der Waals surface area contributed by atoms with Crippen LogP contribution in [0.15, 0.2) is 0 Å². The number of hydrogen-bond donors (Lipinski definition) is 2. The zero-order valence-electron chi connectivity index (χ0n) is 11.4. The summed E-state index contributed by atoms with van der Waals surface area (Å²) in [5, 5.41) is 3.56. The van der Waals surface area contributed by atoms with Crippen LogP contribution in [-0.2, 0) is 4.79 Å². The number of nitrogens with two attached hydrogens (primary N) is 1. The Kier molecular flexibility index (Phi) is 5.45. The molecule has 0 bridgehead atoms. The molecule has 0 radical (unpaired) electrons. The van der Waals surface area contributed by atoms with Crippen LogP contribution in [0.2, 0.25) is 0 Å². The standard InChI is InChI=1S/C14H27N3O/c15-11-13(16-12-6-2-3-7-12)10-14(18)17-8-4-1-5-9-17/h12-13,16H,1-11,15H2. The number of rotatable bonds is 5. The van der Waals surface area contributed by atoms with Crippen LogP contribution >= 0.6 is 0 Å². The number of likely N-dealkylation sites (tertiary alicyclic amines) is 1. The van der Waals surface area contributed by atoms with E-state index in [9.17, 15) is 4.79 Å². The molecular weight excluding hydrogens is 226 g/mol. The van der Waals surface area contributed by atoms with E-state index in [0.717, 1.165) is 25.9 Å². The minimum Gasteiger partial charge on any atom is -0.343 e. The fraction of sp³-hybridized carbons (Fsp3) is 0.929. The van der Waals surface area contributed by atoms with Crippen molar-refractivity contribution in [2.24, 2.45) is 5.73 Å². The van der Waals surface area contributed by atoms with Gasteiger partial charge in [-0.1, -0.05) is 12.8 Å². The van der Waals surface area contributed by atoms with Gasteiger partial charge in [-0.15, -0.1) is 0 Å². The van der Waals surface area contributed by atoms with Gasteiger partial charge in [0.25, 0.3) is 0 Å². The van der Waals surface area contributed by atoms with E-state index in [2.05, 4.69) is 5.32 Å². The Morgan fingerprint density at radius 1 is 1.17 bits per heavy atom. The fourth-order valence-electron chi connectivity index (χ4n) is 3.12. The summed E-state index contributed by atoms with van der Waals surface area (Å²) in [4.78, 5) is 14.2. The van der Waals surface area contributed by atoms with Gasteiger partial charge < -0.3 is 16.0 Å². The summed E-state index contributed by atoms with van der Waals surface area (Å²) in [6.07, 6.45) is 9.29. The molecule has 1 aliphatic heterocycles. The van der Waals surface area contributed by atoms with E-state index in [0.29, 0.717) is 19.0 Å². The number of carbonyl (C=O) groups is 1. The highest BCUT2D eigenvalue weighted by Gasteiger charge is 2.23. The summed E-state index contributed by atoms with van der Waals surface area (Å²) >= 11 is 0. The molecule has 2 rings (SSSR count). The van der Waals surface area contributed by atoms with E-state index in [1.165, 1.54) is 32.1 Å². The van der Waals surface area contributed by atoms with Gasteiger partial charge >= 0.3 is 0 Å². The molecule has 1 amide bonds. The first-order valence-electron chi connectivity index (χ1n) is 7.53. The lowest BCUT2D eigenvalue weighted by Crippen LogP contribution is -2.46. The van der Waals surface area contributed by atoms with Gasteiger partial charge in [-0.25, -0.2) is 0 Å². The van der Waals surface area contributed by atoms with Gasteiger partial charge in [0.2, 0.25) is 5.91 Å². The fourth-order valence-corrected chi connectivity index (χ4v) is 3.12. The number of carbonyl (C=O) groups excluding carboxylic acids is 1. The molecule has 2 fully saturated rings. The summed E-state index contributed by atoms with van der Waals surface area (Å²) in [5.74, 6) is 0.288. The Morgan fingerprint density at radius 3 is 2.44 bits per heavy atom. The highest BCUT2D eigenvalue weighted by Crippen LogP contribution is 2.19. The molecule has 104 valence electrons. The summed E-state index contributed by atoms with van der Waals surface area (Å²) in [7, 11) is 0. The van der Waals surface area contributed by atoms with E-state index < -0.39 is 0 Å². The molecule has 1 aliphatic carbocycles. The topological polar surface area (TPSA) is 58.4 Å². The molecule has 4 nitrogen and oxygen atoms in total. The molecule has 1 saturated carbocycles. The van der Waals surface area contributed by atoms with Crippen LogP contribution in [0.5, 0.6) is 0 Å². The van der Waals surface area contributed by atoms with E-state index in [4.69, 9.17) is 5.73 Å². The van der Waals surface area contributed by atoms with Crippen LogP contribution < -0.4 is 11.1 Å². The zero-order chi connectivity index (χ0) is 12.8. The first kappa shape index (κ1) is 13.8. The van der Waals surface area contributed by atoms with Crippen molar-refractivity contribution in [2.45, 2.75) is 63.5 Å². The lowest BCUT2D eigenvalue weighted by molar-refractivity contribution is -0.132. The van der Waals surface area contributed by atoms with Gasteiger partial charge in [0.1, 0.15) is 0 Å². The summed E-state index contributed by atoms with van der Waals surface area (Å²) in [6, 6.07) is 0.759. The minimum atomic E-state index is 0.169. The van der Waals surface area contributed by atoms with Gasteiger partial charge in [-0.2, -0.15) is 0 Å². The van der Waals surface area contributed by atoms with Crippen molar-refractivity contribution in [2.75, 3.05) is 19.6 Å². The van der Waals surface area contributed by atoms with Crippen molar-refractivity contribution in [1.82, 2.24) is 10.2 Å². The minimum absolute atomic E-state index is 0.169. The SMILES string of the molecule is NCC(CC(=O)N1CCCCC1)NC1CCCC1. The van der Waals surface area contributed by atoms with Crippen LogP contribution in [0, 0.1) is 0 Å². The molecular formula is C14H27N3O. The second kappa shape index (κ2) is 7.10. The molecule has 4 heteroatoms. The molecule has 1 saturated heterocycles. The zero-order valence-corrected chi connectivity index (χ0v) is 11.4. The third kappa shape index (κ3) is 3.95. The Balaban J connectivity index is 1.75. The first-order chi connectivity index (χ1) is 8.79. The number of hydrogen-bond acceptors (Lipinski definition) is 3. The smallest absolute Gasteiger partial charge is 0.224 e. The van der Waals surface area contributed by atoms with E-state index in [1.807, 2.05) is 4.90 Å². The van der Waals surface area contributed by atoms with Crippen molar-refractivity contribution < 1.29 is 4.79 Å². The average Bonchev–Trinajstić information content (AvgIpc) is 2.91. The summed E-state index contributed by atoms with van der Waals surface area (Å²) in [6.45, 7) is 2.45. The largest absolute Gasteiger partial charge is 0.343 e. The molecule has 1 unspecified atom stereocenters. The number of amides is 1. The van der Waals surface area contributed by atoms with Crippen molar-refractivity contribution in [3.63, 3.8) is 0 Å². The summed E-state index contributed by atoms with van der Waals surface area (Å²) in [5.41, 5.74) is 5.80. The monoisotopic (exact) mass is 253 g/mol. The highest BCUT2D eigenvalue weighted by atomic mass is 16.2. The third-order valence-corrected chi connectivity index (χ3v) is 4.24. The molecule has 0 aromatic carbocycles. The van der Waals surface area contributed by atoms with Crippen LogP contribution in [-0.4, -0.2) is 42.5 Å². The molecule has 1 heterocycles. The van der Waals surface area contributed by atoms with Gasteiger partial charge in [0, 0.05) is 38.1 Å². The van der Waals surface area contributed by atoms with Crippen LogP contribution in [0.3, 0.4) is 0 Å². The number of piperidine rings is 1. The Morgan fingerprint density at radius 2 is 1.83 bits per heavy atom. The van der Waals surface area contributed by atoms with E-state index >= 15 is 0 Å². The lowest BCUT2D eigenvalue weighted by atomic mass is 10.1. The predicted octanol–water partition coefficient (Wildman–Crippen LogP) is 1.25.